The lowest BCUT2D eigenvalue weighted by atomic mass is 9.82. The second-order valence-corrected chi connectivity index (χ2v) is 7.26. The maximum absolute atomic E-state index is 12.4. The van der Waals surface area contributed by atoms with Crippen LogP contribution in [0.15, 0.2) is 54.4 Å². The van der Waals surface area contributed by atoms with Gasteiger partial charge in [0, 0.05) is 30.3 Å². The average Bonchev–Trinajstić information content (AvgIpc) is 3.45. The van der Waals surface area contributed by atoms with E-state index in [2.05, 4.69) is 24.1 Å². The van der Waals surface area contributed by atoms with Crippen LogP contribution in [0.2, 0.25) is 0 Å². The number of para-hydroxylation sites is 1. The second-order valence-electron chi connectivity index (χ2n) is 7.26. The van der Waals surface area contributed by atoms with Crippen molar-refractivity contribution in [2.24, 2.45) is 11.8 Å². The van der Waals surface area contributed by atoms with Gasteiger partial charge in [-0.2, -0.15) is 0 Å². The number of hydrogen-bond donors (Lipinski definition) is 2. The molecule has 0 bridgehead atoms. The Kier molecular flexibility index (Phi) is 5.16. The summed E-state index contributed by atoms with van der Waals surface area (Å²) >= 11 is 0. The van der Waals surface area contributed by atoms with Crippen LogP contribution in [0.3, 0.4) is 0 Å². The highest BCUT2D eigenvalue weighted by Crippen LogP contribution is 2.45. The molecular formula is C21H27N3O2. The fourth-order valence-electron chi connectivity index (χ4n) is 4.07. The summed E-state index contributed by atoms with van der Waals surface area (Å²) in [6.45, 7) is 9.23. The van der Waals surface area contributed by atoms with Crippen LogP contribution in [0.1, 0.15) is 33.6 Å². The van der Waals surface area contributed by atoms with E-state index in [0.717, 1.165) is 29.9 Å². The Morgan fingerprint density at radius 1 is 1.23 bits per heavy atom. The van der Waals surface area contributed by atoms with Crippen LogP contribution < -0.4 is 10.6 Å². The van der Waals surface area contributed by atoms with Gasteiger partial charge in [0.05, 0.1) is 11.7 Å². The molecule has 0 aromatic heterocycles. The summed E-state index contributed by atoms with van der Waals surface area (Å²) in [5.74, 6) is 0.450. The van der Waals surface area contributed by atoms with Crippen molar-refractivity contribution >= 4 is 17.5 Å². The minimum atomic E-state index is -0.264. The Labute approximate surface area is 155 Å². The predicted molar refractivity (Wildman–Crippen MR) is 103 cm³/mol. The quantitative estimate of drug-likeness (QED) is 0.799. The van der Waals surface area contributed by atoms with Crippen molar-refractivity contribution in [3.05, 3.63) is 54.4 Å². The molecule has 2 unspecified atom stereocenters. The summed E-state index contributed by atoms with van der Waals surface area (Å²) in [6.07, 6.45) is 3.56. The SMILES string of the molecule is C=CC(=O)NC1=C(C)N(C(C)=O)C(C2CC2)[C@H](C)C1Nc1ccccc1. The highest BCUT2D eigenvalue weighted by atomic mass is 16.2. The van der Waals surface area contributed by atoms with Crippen LogP contribution >= 0.6 is 0 Å². The minimum Gasteiger partial charge on any atom is -0.376 e. The molecule has 5 nitrogen and oxygen atoms in total. The maximum atomic E-state index is 12.4. The molecule has 0 radical (unpaired) electrons. The van der Waals surface area contributed by atoms with E-state index in [4.69, 9.17) is 0 Å². The highest BCUT2D eigenvalue weighted by Gasteiger charge is 2.47. The fraction of sp³-hybridized carbons (Fsp3) is 0.429. The number of carbonyl (C=O) groups is 2. The second kappa shape index (κ2) is 7.36. The zero-order chi connectivity index (χ0) is 18.8. The van der Waals surface area contributed by atoms with E-state index in [1.54, 1.807) is 6.92 Å². The number of anilines is 1. The number of carbonyl (C=O) groups excluding carboxylic acids is 2. The van der Waals surface area contributed by atoms with Crippen LogP contribution in [0.25, 0.3) is 0 Å². The lowest BCUT2D eigenvalue weighted by Gasteiger charge is -2.46. The van der Waals surface area contributed by atoms with Crippen molar-refractivity contribution in [3.63, 3.8) is 0 Å². The topological polar surface area (TPSA) is 61.4 Å². The van der Waals surface area contributed by atoms with E-state index in [0.29, 0.717) is 5.92 Å². The van der Waals surface area contributed by atoms with E-state index in [1.807, 2.05) is 42.2 Å². The molecule has 1 saturated carbocycles. The molecule has 1 aliphatic carbocycles. The van der Waals surface area contributed by atoms with Gasteiger partial charge in [0.25, 0.3) is 0 Å². The first-order valence-corrected chi connectivity index (χ1v) is 9.19. The van der Waals surface area contributed by atoms with Crippen LogP contribution in [0, 0.1) is 11.8 Å². The van der Waals surface area contributed by atoms with E-state index in [-0.39, 0.29) is 29.8 Å². The largest absolute Gasteiger partial charge is 0.376 e. The van der Waals surface area contributed by atoms with Gasteiger partial charge in [0.1, 0.15) is 0 Å². The van der Waals surface area contributed by atoms with Gasteiger partial charge in [-0.05, 0) is 43.9 Å². The first kappa shape index (κ1) is 18.2. The van der Waals surface area contributed by atoms with Crippen molar-refractivity contribution < 1.29 is 9.59 Å². The van der Waals surface area contributed by atoms with Crippen molar-refractivity contribution in [1.29, 1.82) is 0 Å². The Morgan fingerprint density at radius 2 is 1.88 bits per heavy atom. The zero-order valence-electron chi connectivity index (χ0n) is 15.7. The summed E-state index contributed by atoms with van der Waals surface area (Å²) in [5.41, 5.74) is 2.56. The molecule has 26 heavy (non-hydrogen) atoms. The number of rotatable bonds is 5. The molecule has 2 aliphatic rings. The summed E-state index contributed by atoms with van der Waals surface area (Å²) in [6, 6.07) is 10.0. The van der Waals surface area contributed by atoms with Gasteiger partial charge in [-0.3, -0.25) is 9.59 Å². The molecular weight excluding hydrogens is 326 g/mol. The number of amides is 2. The summed E-state index contributed by atoms with van der Waals surface area (Å²) in [5, 5.41) is 6.52. The number of nitrogens with zero attached hydrogens (tertiary/aromatic N) is 1. The Bertz CT molecular complexity index is 737. The standard InChI is InChI=1S/C21H27N3O2/c1-5-18(26)23-20-14(3)24(15(4)25)21(16-11-12-16)13(2)19(20)22-17-9-7-6-8-10-17/h5-10,13,16,19,21-22H,1,11-12H2,2-4H3,(H,23,26)/t13-,19?,21?/m1/s1. The monoisotopic (exact) mass is 353 g/mol. The third-order valence-electron chi connectivity index (χ3n) is 5.41. The van der Waals surface area contributed by atoms with Gasteiger partial charge in [0.15, 0.2) is 0 Å². The lowest BCUT2D eigenvalue weighted by Crippen LogP contribution is -2.56. The van der Waals surface area contributed by atoms with Crippen molar-refractivity contribution in [2.75, 3.05) is 5.32 Å². The van der Waals surface area contributed by atoms with Gasteiger partial charge in [-0.25, -0.2) is 0 Å². The van der Waals surface area contributed by atoms with Gasteiger partial charge >= 0.3 is 0 Å². The molecule has 1 fully saturated rings. The van der Waals surface area contributed by atoms with Crippen molar-refractivity contribution in [2.45, 2.75) is 45.7 Å². The molecule has 1 aliphatic heterocycles. The van der Waals surface area contributed by atoms with Crippen LogP contribution in [-0.2, 0) is 9.59 Å². The Balaban J connectivity index is 2.03. The molecule has 3 atom stereocenters. The summed E-state index contributed by atoms with van der Waals surface area (Å²) < 4.78 is 0. The molecule has 5 heteroatoms. The zero-order valence-corrected chi connectivity index (χ0v) is 15.7. The summed E-state index contributed by atoms with van der Waals surface area (Å²) in [7, 11) is 0. The van der Waals surface area contributed by atoms with Gasteiger partial charge in [0.2, 0.25) is 11.8 Å². The first-order valence-electron chi connectivity index (χ1n) is 9.19. The van der Waals surface area contributed by atoms with E-state index in [9.17, 15) is 9.59 Å². The maximum Gasteiger partial charge on any atom is 0.247 e. The third kappa shape index (κ3) is 3.52. The van der Waals surface area contributed by atoms with E-state index < -0.39 is 0 Å². The molecule has 3 rings (SSSR count). The minimum absolute atomic E-state index is 0.0229. The summed E-state index contributed by atoms with van der Waals surface area (Å²) in [4.78, 5) is 26.3. The van der Waals surface area contributed by atoms with Crippen LogP contribution in [0.5, 0.6) is 0 Å². The normalized spacial score (nSPS) is 25.7. The van der Waals surface area contributed by atoms with Gasteiger partial charge < -0.3 is 15.5 Å². The molecule has 0 saturated heterocycles. The Morgan fingerprint density at radius 3 is 2.42 bits per heavy atom. The van der Waals surface area contributed by atoms with Crippen molar-refractivity contribution in [3.8, 4) is 0 Å². The molecule has 1 aromatic carbocycles. The van der Waals surface area contributed by atoms with Crippen LogP contribution in [0.4, 0.5) is 5.69 Å². The predicted octanol–water partition coefficient (Wildman–Crippen LogP) is 3.28. The molecule has 138 valence electrons. The number of nitrogens with one attached hydrogen (secondary N) is 2. The molecule has 2 amide bonds. The number of allylic oxidation sites excluding steroid dienone is 1. The van der Waals surface area contributed by atoms with Gasteiger partial charge in [-0.15, -0.1) is 0 Å². The van der Waals surface area contributed by atoms with Gasteiger partial charge in [-0.1, -0.05) is 31.7 Å². The Hall–Kier alpha value is -2.56. The number of hydrogen-bond acceptors (Lipinski definition) is 3. The van der Waals surface area contributed by atoms with E-state index >= 15 is 0 Å². The highest BCUT2D eigenvalue weighted by molar-refractivity contribution is 5.89. The molecule has 2 N–H and O–H groups in total. The first-order chi connectivity index (χ1) is 12.4. The number of benzene rings is 1. The smallest absolute Gasteiger partial charge is 0.247 e. The average molecular weight is 353 g/mol. The fourth-order valence-corrected chi connectivity index (χ4v) is 4.07. The lowest BCUT2D eigenvalue weighted by molar-refractivity contribution is -0.131. The third-order valence-corrected chi connectivity index (χ3v) is 5.41. The van der Waals surface area contributed by atoms with E-state index in [1.165, 1.54) is 6.08 Å². The van der Waals surface area contributed by atoms with Crippen LogP contribution in [-0.4, -0.2) is 28.8 Å². The molecule has 1 heterocycles. The van der Waals surface area contributed by atoms with Crippen molar-refractivity contribution in [1.82, 2.24) is 10.2 Å². The molecule has 0 spiro atoms. The molecule has 1 aromatic rings.